The van der Waals surface area contributed by atoms with E-state index in [1.54, 1.807) is 14.0 Å². The van der Waals surface area contributed by atoms with E-state index < -0.39 is 16.9 Å². The first-order valence-corrected chi connectivity index (χ1v) is 5.79. The van der Waals surface area contributed by atoms with E-state index in [0.717, 1.165) is 0 Å². The van der Waals surface area contributed by atoms with Crippen LogP contribution in [0.5, 0.6) is 5.75 Å². The van der Waals surface area contributed by atoms with Gasteiger partial charge in [0, 0.05) is 12.1 Å². The number of carbonyl (C=O) groups is 1. The second kappa shape index (κ2) is 7.32. The summed E-state index contributed by atoms with van der Waals surface area (Å²) in [4.78, 5) is 21.5. The Kier molecular flexibility index (Phi) is 5.74. The Morgan fingerprint density at radius 3 is 2.53 bits per heavy atom. The molecular formula is C12H16N2O5. The zero-order valence-electron chi connectivity index (χ0n) is 10.8. The Hall–Kier alpha value is -2.15. The van der Waals surface area contributed by atoms with Crippen LogP contribution in [0, 0.1) is 10.1 Å². The van der Waals surface area contributed by atoms with Gasteiger partial charge in [0.2, 0.25) is 0 Å². The number of esters is 1. The van der Waals surface area contributed by atoms with Crippen LogP contribution < -0.4 is 10.1 Å². The maximum Gasteiger partial charge on any atom is 0.326 e. The van der Waals surface area contributed by atoms with Crippen LogP contribution in [0.3, 0.4) is 0 Å². The highest BCUT2D eigenvalue weighted by atomic mass is 16.6. The Labute approximate surface area is 110 Å². The molecule has 7 heteroatoms. The molecule has 0 aliphatic heterocycles. The minimum Gasteiger partial charge on any atom is -0.491 e. The fourth-order valence-electron chi connectivity index (χ4n) is 1.36. The molecule has 0 aliphatic rings. The quantitative estimate of drug-likeness (QED) is 0.453. The second-order valence-electron chi connectivity index (χ2n) is 3.66. The van der Waals surface area contributed by atoms with Crippen molar-refractivity contribution in [3.05, 3.63) is 34.4 Å². The molecule has 1 N–H and O–H groups in total. The van der Waals surface area contributed by atoms with Gasteiger partial charge in [0.25, 0.3) is 5.69 Å². The highest BCUT2D eigenvalue weighted by molar-refractivity contribution is 5.75. The van der Waals surface area contributed by atoms with Crippen molar-refractivity contribution in [2.24, 2.45) is 0 Å². The van der Waals surface area contributed by atoms with Crippen LogP contribution in [-0.4, -0.2) is 37.2 Å². The lowest BCUT2D eigenvalue weighted by Crippen LogP contribution is -2.40. The van der Waals surface area contributed by atoms with Gasteiger partial charge in [-0.1, -0.05) is 0 Å². The van der Waals surface area contributed by atoms with Crippen LogP contribution in [0.4, 0.5) is 5.69 Å². The Bertz CT molecular complexity index is 432. The van der Waals surface area contributed by atoms with Crippen molar-refractivity contribution < 1.29 is 19.2 Å². The minimum atomic E-state index is -0.574. The Balaban J connectivity index is 2.55. The van der Waals surface area contributed by atoms with Gasteiger partial charge < -0.3 is 14.8 Å². The van der Waals surface area contributed by atoms with Gasteiger partial charge in [-0.05, 0) is 26.1 Å². The minimum absolute atomic E-state index is 0.0112. The van der Waals surface area contributed by atoms with E-state index >= 15 is 0 Å². The van der Waals surface area contributed by atoms with Gasteiger partial charge in [-0.3, -0.25) is 14.9 Å². The molecule has 0 spiro atoms. The number of hydrogen-bond acceptors (Lipinski definition) is 6. The van der Waals surface area contributed by atoms with Crippen LogP contribution in [0.15, 0.2) is 24.3 Å². The standard InChI is InChI=1S/C12H16N2O5/c1-3-18-12(15)11(13-2)8-19-10-6-4-9(5-7-10)14(16)17/h4-7,11,13H,3,8H2,1-2H3. The molecule has 1 atom stereocenters. The van der Waals surface area contributed by atoms with Crippen molar-refractivity contribution in [1.82, 2.24) is 5.32 Å². The number of nitrogens with zero attached hydrogens (tertiary/aromatic N) is 1. The molecule has 0 heterocycles. The third-order valence-corrected chi connectivity index (χ3v) is 2.38. The molecule has 0 amide bonds. The molecule has 0 aliphatic carbocycles. The number of non-ortho nitro benzene ring substituents is 1. The molecule has 104 valence electrons. The van der Waals surface area contributed by atoms with Gasteiger partial charge in [0.15, 0.2) is 0 Å². The zero-order valence-corrected chi connectivity index (χ0v) is 10.8. The SMILES string of the molecule is CCOC(=O)C(COc1ccc([N+](=O)[O-])cc1)NC. The second-order valence-corrected chi connectivity index (χ2v) is 3.66. The number of nitro groups is 1. The smallest absolute Gasteiger partial charge is 0.326 e. The number of rotatable bonds is 7. The zero-order chi connectivity index (χ0) is 14.3. The Morgan fingerprint density at radius 2 is 2.05 bits per heavy atom. The maximum absolute atomic E-state index is 11.5. The molecular weight excluding hydrogens is 252 g/mol. The van der Waals surface area contributed by atoms with Gasteiger partial charge in [-0.25, -0.2) is 0 Å². The van der Waals surface area contributed by atoms with E-state index in [2.05, 4.69) is 5.32 Å². The first-order valence-electron chi connectivity index (χ1n) is 5.79. The maximum atomic E-state index is 11.5. The highest BCUT2D eigenvalue weighted by Gasteiger charge is 2.18. The van der Waals surface area contributed by atoms with Crippen LogP contribution in [0.25, 0.3) is 0 Å². The monoisotopic (exact) mass is 268 g/mol. The summed E-state index contributed by atoms with van der Waals surface area (Å²) >= 11 is 0. The van der Waals surface area contributed by atoms with Crippen LogP contribution in [-0.2, 0) is 9.53 Å². The van der Waals surface area contributed by atoms with Crippen molar-refractivity contribution in [2.75, 3.05) is 20.3 Å². The van der Waals surface area contributed by atoms with Crippen LogP contribution in [0.1, 0.15) is 6.92 Å². The summed E-state index contributed by atoms with van der Waals surface area (Å²) in [6.45, 7) is 2.11. The number of nitrogens with one attached hydrogen (secondary N) is 1. The highest BCUT2D eigenvalue weighted by Crippen LogP contribution is 2.17. The van der Waals surface area contributed by atoms with Crippen molar-refractivity contribution in [3.63, 3.8) is 0 Å². The lowest BCUT2D eigenvalue weighted by atomic mass is 10.3. The summed E-state index contributed by atoms with van der Waals surface area (Å²) in [6, 6.07) is 5.07. The van der Waals surface area contributed by atoms with Crippen molar-refractivity contribution in [1.29, 1.82) is 0 Å². The van der Waals surface area contributed by atoms with E-state index in [0.29, 0.717) is 12.4 Å². The average molecular weight is 268 g/mol. The Morgan fingerprint density at radius 1 is 1.42 bits per heavy atom. The fraction of sp³-hybridized carbons (Fsp3) is 0.417. The molecule has 0 radical (unpaired) electrons. The van der Waals surface area contributed by atoms with Crippen molar-refractivity contribution >= 4 is 11.7 Å². The predicted octanol–water partition coefficient (Wildman–Crippen LogP) is 1.12. The number of likely N-dealkylation sites (N-methyl/N-ethyl adjacent to an activating group) is 1. The van der Waals surface area contributed by atoms with E-state index in [1.807, 2.05) is 0 Å². The van der Waals surface area contributed by atoms with E-state index in [4.69, 9.17) is 9.47 Å². The van der Waals surface area contributed by atoms with Crippen molar-refractivity contribution in [3.8, 4) is 5.75 Å². The summed E-state index contributed by atoms with van der Waals surface area (Å²) in [5, 5.41) is 13.3. The van der Waals surface area contributed by atoms with Crippen molar-refractivity contribution in [2.45, 2.75) is 13.0 Å². The molecule has 1 aromatic carbocycles. The lowest BCUT2D eigenvalue weighted by molar-refractivity contribution is -0.384. The number of nitro benzene ring substituents is 1. The third-order valence-electron chi connectivity index (χ3n) is 2.38. The lowest BCUT2D eigenvalue weighted by Gasteiger charge is -2.15. The first kappa shape index (κ1) is 14.9. The molecule has 1 rings (SSSR count). The summed E-state index contributed by atoms with van der Waals surface area (Å²) < 4.78 is 10.2. The van der Waals surface area contributed by atoms with Gasteiger partial charge in [-0.15, -0.1) is 0 Å². The molecule has 0 saturated heterocycles. The van der Waals surface area contributed by atoms with Crippen LogP contribution in [0.2, 0.25) is 0 Å². The summed E-state index contributed by atoms with van der Waals surface area (Å²) in [5.74, 6) is 0.0575. The number of carbonyl (C=O) groups excluding carboxylic acids is 1. The molecule has 0 aromatic heterocycles. The molecule has 7 nitrogen and oxygen atoms in total. The molecule has 19 heavy (non-hydrogen) atoms. The predicted molar refractivity (Wildman–Crippen MR) is 68.1 cm³/mol. The summed E-state index contributed by atoms with van der Waals surface area (Å²) in [5.41, 5.74) is -0.0112. The largest absolute Gasteiger partial charge is 0.491 e. The average Bonchev–Trinajstić information content (AvgIpc) is 2.40. The fourth-order valence-corrected chi connectivity index (χ4v) is 1.36. The third kappa shape index (κ3) is 4.55. The van der Waals surface area contributed by atoms with E-state index in [-0.39, 0.29) is 12.3 Å². The molecule has 0 bridgehead atoms. The van der Waals surface area contributed by atoms with E-state index in [9.17, 15) is 14.9 Å². The molecule has 1 aromatic rings. The van der Waals surface area contributed by atoms with Gasteiger partial charge in [0.05, 0.1) is 11.5 Å². The van der Waals surface area contributed by atoms with Crippen LogP contribution >= 0.6 is 0 Å². The summed E-state index contributed by atoms with van der Waals surface area (Å²) in [7, 11) is 1.63. The molecule has 1 unspecified atom stereocenters. The van der Waals surface area contributed by atoms with Gasteiger partial charge in [0.1, 0.15) is 18.4 Å². The first-order chi connectivity index (χ1) is 9.08. The molecule has 0 fully saturated rings. The number of hydrogen-bond donors (Lipinski definition) is 1. The number of benzene rings is 1. The normalized spacial score (nSPS) is 11.7. The topological polar surface area (TPSA) is 90.7 Å². The van der Waals surface area contributed by atoms with Gasteiger partial charge >= 0.3 is 5.97 Å². The van der Waals surface area contributed by atoms with Gasteiger partial charge in [-0.2, -0.15) is 0 Å². The van der Waals surface area contributed by atoms with E-state index in [1.165, 1.54) is 24.3 Å². The molecule has 0 saturated carbocycles. The summed E-state index contributed by atoms with van der Waals surface area (Å²) in [6.07, 6.45) is 0. The number of ether oxygens (including phenoxy) is 2.